The van der Waals surface area contributed by atoms with Crippen molar-refractivity contribution in [3.8, 4) is 0 Å². The summed E-state index contributed by atoms with van der Waals surface area (Å²) in [5.74, 6) is -2.89. The molecule has 0 spiro atoms. The first-order valence-corrected chi connectivity index (χ1v) is 10.9. The molecule has 1 saturated heterocycles. The number of ether oxygens (including phenoxy) is 3. The van der Waals surface area contributed by atoms with E-state index in [9.17, 15) is 19.2 Å². The Hall–Kier alpha value is -2.84. The number of cyclic esters (lactones) is 1. The van der Waals surface area contributed by atoms with Gasteiger partial charge in [0.2, 0.25) is 0 Å². The van der Waals surface area contributed by atoms with E-state index in [2.05, 4.69) is 5.32 Å². The molecule has 32 heavy (non-hydrogen) atoms. The molecule has 2 heterocycles. The van der Waals surface area contributed by atoms with Gasteiger partial charge in [-0.25, -0.2) is 4.79 Å². The molecule has 2 saturated carbocycles. The monoisotopic (exact) mass is 447 g/mol. The molecular formula is C23H29NO8. The first-order valence-electron chi connectivity index (χ1n) is 10.9. The van der Waals surface area contributed by atoms with Gasteiger partial charge in [-0.2, -0.15) is 0 Å². The van der Waals surface area contributed by atoms with Crippen molar-refractivity contribution in [3.63, 3.8) is 0 Å². The molecule has 2 aliphatic carbocycles. The number of alkyl carbamates (subject to hydrolysis) is 1. The van der Waals surface area contributed by atoms with E-state index >= 15 is 0 Å². The zero-order valence-corrected chi connectivity index (χ0v) is 18.7. The summed E-state index contributed by atoms with van der Waals surface area (Å²) in [4.78, 5) is 51.6. The highest BCUT2D eigenvalue weighted by Crippen LogP contribution is 2.65. The van der Waals surface area contributed by atoms with Crippen LogP contribution in [0.1, 0.15) is 51.2 Å². The maximum Gasteiger partial charge on any atom is 0.407 e. The second-order valence-electron chi connectivity index (χ2n) is 9.58. The van der Waals surface area contributed by atoms with E-state index in [1.807, 2.05) is 13.8 Å². The number of nitrogens with one attached hydrogen (secondary N) is 1. The first kappa shape index (κ1) is 22.4. The lowest BCUT2D eigenvalue weighted by molar-refractivity contribution is -0.207. The van der Waals surface area contributed by atoms with Crippen molar-refractivity contribution in [1.82, 2.24) is 5.32 Å². The van der Waals surface area contributed by atoms with Crippen LogP contribution < -0.4 is 5.32 Å². The van der Waals surface area contributed by atoms with Gasteiger partial charge in [0.05, 0.1) is 31.5 Å². The number of hydrogen-bond donors (Lipinski definition) is 1. The Morgan fingerprint density at radius 1 is 1.22 bits per heavy atom. The number of amides is 1. The van der Waals surface area contributed by atoms with Crippen LogP contribution in [0, 0.1) is 28.6 Å². The normalized spacial score (nSPS) is 38.7. The molecule has 1 aromatic rings. The van der Waals surface area contributed by atoms with Crippen molar-refractivity contribution < 1.29 is 37.8 Å². The fourth-order valence-corrected chi connectivity index (χ4v) is 6.45. The Kier molecular flexibility index (Phi) is 5.55. The molecule has 0 radical (unpaired) electrons. The van der Waals surface area contributed by atoms with E-state index < -0.39 is 52.9 Å². The molecule has 1 N–H and O–H groups in total. The van der Waals surface area contributed by atoms with Gasteiger partial charge in [-0.3, -0.25) is 14.4 Å². The standard InChI is InChI=1S/C23H29NO8/c1-22-7-5-13-20(27)31-16(12-6-8-30-11-12)10-23(13,2)18(22)17(25)15(32-21(28)24-3)9-14(22)19(26)29-4/h6,8,11,13-16,18H,5,7,9-10H2,1-4H3,(H,24,28)/t13-,14-,15-,16+,18-,22-,23-/m0/s1. The van der Waals surface area contributed by atoms with Crippen molar-refractivity contribution in [2.45, 2.75) is 51.7 Å². The van der Waals surface area contributed by atoms with E-state index in [-0.39, 0.29) is 18.2 Å². The number of carbonyl (C=O) groups is 4. The van der Waals surface area contributed by atoms with Crippen LogP contribution in [0.3, 0.4) is 0 Å². The molecule has 3 aliphatic rings. The number of rotatable bonds is 3. The summed E-state index contributed by atoms with van der Waals surface area (Å²) >= 11 is 0. The fraction of sp³-hybridized carbons (Fsp3) is 0.652. The van der Waals surface area contributed by atoms with Crippen LogP contribution in [0.4, 0.5) is 4.79 Å². The molecule has 1 amide bonds. The summed E-state index contributed by atoms with van der Waals surface area (Å²) in [6.45, 7) is 3.84. The number of hydrogen-bond acceptors (Lipinski definition) is 8. The number of methoxy groups -OCH3 is 1. The molecule has 9 heteroatoms. The van der Waals surface area contributed by atoms with Gasteiger partial charge in [-0.1, -0.05) is 13.8 Å². The van der Waals surface area contributed by atoms with E-state index in [1.165, 1.54) is 26.7 Å². The summed E-state index contributed by atoms with van der Waals surface area (Å²) in [5, 5.41) is 2.36. The Balaban J connectivity index is 1.78. The third kappa shape index (κ3) is 3.29. The minimum Gasteiger partial charge on any atom is -0.472 e. The topological polar surface area (TPSA) is 121 Å². The van der Waals surface area contributed by atoms with Crippen molar-refractivity contribution >= 4 is 23.8 Å². The summed E-state index contributed by atoms with van der Waals surface area (Å²) in [6.07, 6.45) is 2.08. The van der Waals surface area contributed by atoms with Crippen molar-refractivity contribution in [1.29, 1.82) is 0 Å². The van der Waals surface area contributed by atoms with Crippen LogP contribution in [0.2, 0.25) is 0 Å². The van der Waals surface area contributed by atoms with Gasteiger partial charge < -0.3 is 23.9 Å². The second kappa shape index (κ2) is 7.94. The molecule has 1 aromatic heterocycles. The second-order valence-corrected chi connectivity index (χ2v) is 9.58. The molecule has 4 rings (SSSR count). The van der Waals surface area contributed by atoms with Crippen molar-refractivity contribution in [3.05, 3.63) is 24.2 Å². The number of esters is 2. The average molecular weight is 447 g/mol. The summed E-state index contributed by atoms with van der Waals surface area (Å²) in [5.41, 5.74) is -0.814. The lowest BCUT2D eigenvalue weighted by Crippen LogP contribution is -2.65. The lowest BCUT2D eigenvalue weighted by Gasteiger charge is -2.60. The third-order valence-electron chi connectivity index (χ3n) is 7.96. The van der Waals surface area contributed by atoms with Gasteiger partial charge in [0.1, 0.15) is 6.10 Å². The van der Waals surface area contributed by atoms with E-state index in [0.717, 1.165) is 5.56 Å². The fourth-order valence-electron chi connectivity index (χ4n) is 6.45. The van der Waals surface area contributed by atoms with Crippen LogP contribution in [-0.4, -0.2) is 44.1 Å². The predicted molar refractivity (Wildman–Crippen MR) is 109 cm³/mol. The van der Waals surface area contributed by atoms with Crippen molar-refractivity contribution in [2.24, 2.45) is 28.6 Å². The largest absolute Gasteiger partial charge is 0.472 e. The maximum atomic E-state index is 13.8. The maximum absolute atomic E-state index is 13.8. The van der Waals surface area contributed by atoms with Gasteiger partial charge in [-0.05, 0) is 36.2 Å². The van der Waals surface area contributed by atoms with Gasteiger partial charge in [0.15, 0.2) is 11.9 Å². The van der Waals surface area contributed by atoms with Crippen LogP contribution in [-0.2, 0) is 28.6 Å². The molecule has 0 unspecified atom stereocenters. The van der Waals surface area contributed by atoms with Gasteiger partial charge in [0.25, 0.3) is 0 Å². The molecule has 3 fully saturated rings. The number of carbonyl (C=O) groups excluding carboxylic acids is 4. The number of Topliss-reactive ketones (excluding diaryl/α,β-unsaturated/α-hetero) is 1. The Labute approximate surface area is 186 Å². The Morgan fingerprint density at radius 3 is 2.59 bits per heavy atom. The molecule has 0 aromatic carbocycles. The van der Waals surface area contributed by atoms with Crippen LogP contribution >= 0.6 is 0 Å². The Morgan fingerprint density at radius 2 is 1.97 bits per heavy atom. The number of furan rings is 1. The van der Waals surface area contributed by atoms with Crippen LogP contribution in [0.25, 0.3) is 0 Å². The zero-order chi connectivity index (χ0) is 23.3. The van der Waals surface area contributed by atoms with E-state index in [0.29, 0.717) is 19.3 Å². The van der Waals surface area contributed by atoms with Crippen molar-refractivity contribution in [2.75, 3.05) is 14.2 Å². The SMILES string of the molecule is CNC(=O)O[C@H]1C[C@@H](C(=O)OC)[C@]2(C)CC[C@H]3C(=O)O[C@@H](c4ccoc4)C[C@]3(C)[C@H]2C1=O. The number of ketones is 1. The molecule has 1 aliphatic heterocycles. The molecular weight excluding hydrogens is 418 g/mol. The van der Waals surface area contributed by atoms with Gasteiger partial charge >= 0.3 is 18.0 Å². The van der Waals surface area contributed by atoms with E-state index in [1.54, 1.807) is 6.07 Å². The summed E-state index contributed by atoms with van der Waals surface area (Å²) in [7, 11) is 2.72. The van der Waals surface area contributed by atoms with Crippen LogP contribution in [0.5, 0.6) is 0 Å². The van der Waals surface area contributed by atoms with Crippen LogP contribution in [0.15, 0.2) is 23.0 Å². The van der Waals surface area contributed by atoms with Gasteiger partial charge in [0, 0.05) is 24.9 Å². The molecule has 9 nitrogen and oxygen atoms in total. The van der Waals surface area contributed by atoms with Gasteiger partial charge in [-0.15, -0.1) is 0 Å². The predicted octanol–water partition coefficient (Wildman–Crippen LogP) is 2.79. The first-order chi connectivity index (χ1) is 15.2. The molecule has 174 valence electrons. The summed E-state index contributed by atoms with van der Waals surface area (Å²) in [6, 6.07) is 1.74. The highest BCUT2D eigenvalue weighted by molar-refractivity contribution is 5.93. The highest BCUT2D eigenvalue weighted by atomic mass is 16.6. The summed E-state index contributed by atoms with van der Waals surface area (Å²) < 4.78 is 21.4. The number of fused-ring (bicyclic) bond motifs is 3. The highest BCUT2D eigenvalue weighted by Gasteiger charge is 2.67. The average Bonchev–Trinajstić information content (AvgIpc) is 3.29. The minimum atomic E-state index is -1.10. The molecule has 0 bridgehead atoms. The zero-order valence-electron chi connectivity index (χ0n) is 18.7. The lowest BCUT2D eigenvalue weighted by atomic mass is 9.43. The smallest absolute Gasteiger partial charge is 0.407 e. The minimum absolute atomic E-state index is 0.0578. The quantitative estimate of drug-likeness (QED) is 0.555. The molecule has 7 atom stereocenters. The Bertz CT molecular complexity index is 926. The third-order valence-corrected chi connectivity index (χ3v) is 7.96. The van der Waals surface area contributed by atoms with E-state index in [4.69, 9.17) is 18.6 Å².